The van der Waals surface area contributed by atoms with Gasteiger partial charge in [0, 0.05) is 6.07 Å². The second-order valence-corrected chi connectivity index (χ2v) is 4.96. The molecule has 3 N–H and O–H groups in total. The van der Waals surface area contributed by atoms with Gasteiger partial charge in [-0.15, -0.1) is 0 Å². The maximum absolute atomic E-state index is 11.2. The van der Waals surface area contributed by atoms with E-state index in [1.165, 1.54) is 19.3 Å². The van der Waals surface area contributed by atoms with Gasteiger partial charge in [0.2, 0.25) is 0 Å². The molecule has 0 spiro atoms. The molecule has 0 aromatic carbocycles. The molecule has 1 aromatic rings. The summed E-state index contributed by atoms with van der Waals surface area (Å²) in [4.78, 5) is 13.6. The molecular weight excluding hydrogens is 232 g/mol. The summed E-state index contributed by atoms with van der Waals surface area (Å²) in [5.74, 6) is 6.13. The van der Waals surface area contributed by atoms with Crippen molar-refractivity contribution in [2.45, 2.75) is 32.7 Å². The van der Waals surface area contributed by atoms with Crippen molar-refractivity contribution < 1.29 is 9.32 Å². The molecule has 2 heterocycles. The van der Waals surface area contributed by atoms with Crippen LogP contribution in [0.5, 0.6) is 0 Å². The lowest BCUT2D eigenvalue weighted by atomic mass is 10.0. The molecule has 1 atom stereocenters. The molecule has 2 rings (SSSR count). The first-order chi connectivity index (χ1) is 8.69. The third-order valence-corrected chi connectivity index (χ3v) is 3.41. The molecular formula is C12H20N4O2. The Morgan fingerprint density at radius 1 is 1.61 bits per heavy atom. The Bertz CT molecular complexity index is 405. The number of carbonyl (C=O) groups is 1. The van der Waals surface area contributed by atoms with Crippen molar-refractivity contribution in [1.82, 2.24) is 15.5 Å². The summed E-state index contributed by atoms with van der Waals surface area (Å²) < 4.78 is 5.15. The molecule has 1 unspecified atom stereocenters. The second kappa shape index (κ2) is 5.97. The zero-order valence-electron chi connectivity index (χ0n) is 10.7. The summed E-state index contributed by atoms with van der Waals surface area (Å²) in [5.41, 5.74) is 2.27. The molecule has 1 amide bonds. The predicted octanol–water partition coefficient (Wildman–Crippen LogP) is 0.900. The molecule has 0 bridgehead atoms. The minimum absolute atomic E-state index is 0.232. The quantitative estimate of drug-likeness (QED) is 0.474. The molecule has 1 aromatic heterocycles. The molecule has 100 valence electrons. The first-order valence-corrected chi connectivity index (χ1v) is 6.38. The van der Waals surface area contributed by atoms with E-state index in [0.717, 1.165) is 19.0 Å². The van der Waals surface area contributed by atoms with Gasteiger partial charge in [-0.3, -0.25) is 15.1 Å². The zero-order chi connectivity index (χ0) is 13.0. The van der Waals surface area contributed by atoms with Crippen LogP contribution >= 0.6 is 0 Å². The second-order valence-electron chi connectivity index (χ2n) is 4.96. The van der Waals surface area contributed by atoms with Crippen LogP contribution in [0.25, 0.3) is 0 Å². The minimum atomic E-state index is -0.422. The summed E-state index contributed by atoms with van der Waals surface area (Å²) >= 11 is 0. The van der Waals surface area contributed by atoms with Crippen molar-refractivity contribution in [3.8, 4) is 0 Å². The Labute approximate surface area is 106 Å². The number of nitrogen functional groups attached to an aromatic ring is 1. The highest BCUT2D eigenvalue weighted by Gasteiger charge is 2.17. The Kier molecular flexibility index (Phi) is 4.33. The van der Waals surface area contributed by atoms with E-state index in [4.69, 9.17) is 10.4 Å². The average Bonchev–Trinajstić information content (AvgIpc) is 2.73. The van der Waals surface area contributed by atoms with Gasteiger partial charge >= 0.3 is 0 Å². The van der Waals surface area contributed by atoms with E-state index < -0.39 is 5.91 Å². The number of hydrazine groups is 1. The predicted molar refractivity (Wildman–Crippen MR) is 66.4 cm³/mol. The van der Waals surface area contributed by atoms with Gasteiger partial charge in [-0.25, -0.2) is 5.84 Å². The van der Waals surface area contributed by atoms with Gasteiger partial charge < -0.3 is 4.52 Å². The van der Waals surface area contributed by atoms with E-state index in [1.807, 2.05) is 5.43 Å². The smallest absolute Gasteiger partial charge is 0.287 e. The van der Waals surface area contributed by atoms with Gasteiger partial charge in [0.25, 0.3) is 5.91 Å². The summed E-state index contributed by atoms with van der Waals surface area (Å²) in [6, 6.07) is 1.65. The highest BCUT2D eigenvalue weighted by Crippen LogP contribution is 2.18. The van der Waals surface area contributed by atoms with Crippen molar-refractivity contribution in [2.75, 3.05) is 13.1 Å². The number of hydrogen-bond acceptors (Lipinski definition) is 5. The number of rotatable bonds is 3. The number of carbonyl (C=O) groups excluding carboxylic acids is 1. The monoisotopic (exact) mass is 252 g/mol. The summed E-state index contributed by atoms with van der Waals surface area (Å²) in [7, 11) is 0. The maximum Gasteiger partial charge on any atom is 0.287 e. The number of nitrogens with zero attached hydrogens (tertiary/aromatic N) is 2. The lowest BCUT2D eigenvalue weighted by molar-refractivity contribution is 0.0944. The maximum atomic E-state index is 11.2. The molecule has 0 aliphatic carbocycles. The Balaban J connectivity index is 1.92. The number of nitrogens with two attached hydrogens (primary N) is 1. The summed E-state index contributed by atoms with van der Waals surface area (Å²) in [5, 5.41) is 3.70. The van der Waals surface area contributed by atoms with Crippen LogP contribution in [0.4, 0.5) is 0 Å². The van der Waals surface area contributed by atoms with Crippen LogP contribution in [0.2, 0.25) is 0 Å². The first-order valence-electron chi connectivity index (χ1n) is 6.38. The summed E-state index contributed by atoms with van der Waals surface area (Å²) in [6.07, 6.45) is 3.71. The van der Waals surface area contributed by atoms with Crippen LogP contribution in [0.3, 0.4) is 0 Å². The van der Waals surface area contributed by atoms with Crippen LogP contribution in [0, 0.1) is 5.92 Å². The first kappa shape index (κ1) is 13.0. The fraction of sp³-hybridized carbons (Fsp3) is 0.667. The number of nitrogens with one attached hydrogen (secondary N) is 1. The average molecular weight is 252 g/mol. The van der Waals surface area contributed by atoms with Gasteiger partial charge in [0.1, 0.15) is 0 Å². The number of amides is 1. The SMILES string of the molecule is CC1CCCN(Cc2cc(C(=O)NN)no2)CC1. The topological polar surface area (TPSA) is 84.4 Å². The lowest BCUT2D eigenvalue weighted by Crippen LogP contribution is -2.30. The van der Waals surface area contributed by atoms with Crippen LogP contribution in [-0.4, -0.2) is 29.1 Å². The van der Waals surface area contributed by atoms with Crippen molar-refractivity contribution in [3.63, 3.8) is 0 Å². The molecule has 18 heavy (non-hydrogen) atoms. The highest BCUT2D eigenvalue weighted by molar-refractivity contribution is 5.91. The van der Waals surface area contributed by atoms with E-state index >= 15 is 0 Å². The van der Waals surface area contributed by atoms with E-state index in [9.17, 15) is 4.79 Å². The largest absolute Gasteiger partial charge is 0.359 e. The third kappa shape index (κ3) is 3.30. The van der Waals surface area contributed by atoms with Crippen LogP contribution < -0.4 is 11.3 Å². The van der Waals surface area contributed by atoms with Crippen LogP contribution in [0.1, 0.15) is 42.4 Å². The number of aromatic nitrogens is 1. The molecule has 1 aliphatic heterocycles. The molecule has 1 aliphatic rings. The Hall–Kier alpha value is -1.40. The van der Waals surface area contributed by atoms with Crippen LogP contribution in [-0.2, 0) is 6.54 Å². The van der Waals surface area contributed by atoms with Gasteiger partial charge in [-0.05, 0) is 38.3 Å². The summed E-state index contributed by atoms with van der Waals surface area (Å²) in [6.45, 7) is 5.14. The van der Waals surface area contributed by atoms with Crippen molar-refractivity contribution in [2.24, 2.45) is 11.8 Å². The van der Waals surface area contributed by atoms with Gasteiger partial charge in [-0.1, -0.05) is 12.1 Å². The Morgan fingerprint density at radius 2 is 2.44 bits per heavy atom. The lowest BCUT2D eigenvalue weighted by Gasteiger charge is -2.17. The van der Waals surface area contributed by atoms with E-state index in [-0.39, 0.29) is 5.69 Å². The number of hydrogen-bond donors (Lipinski definition) is 2. The van der Waals surface area contributed by atoms with Crippen molar-refractivity contribution >= 4 is 5.91 Å². The number of likely N-dealkylation sites (tertiary alicyclic amines) is 1. The van der Waals surface area contributed by atoms with Crippen LogP contribution in [0.15, 0.2) is 10.6 Å². The highest BCUT2D eigenvalue weighted by atomic mass is 16.5. The fourth-order valence-electron chi connectivity index (χ4n) is 2.27. The fourth-order valence-corrected chi connectivity index (χ4v) is 2.27. The molecule has 1 saturated heterocycles. The molecule has 6 nitrogen and oxygen atoms in total. The van der Waals surface area contributed by atoms with Gasteiger partial charge in [-0.2, -0.15) is 0 Å². The Morgan fingerprint density at radius 3 is 3.22 bits per heavy atom. The van der Waals surface area contributed by atoms with Crippen molar-refractivity contribution in [1.29, 1.82) is 0 Å². The third-order valence-electron chi connectivity index (χ3n) is 3.41. The van der Waals surface area contributed by atoms with Crippen molar-refractivity contribution in [3.05, 3.63) is 17.5 Å². The van der Waals surface area contributed by atoms with Gasteiger partial charge in [0.15, 0.2) is 11.5 Å². The molecule has 0 radical (unpaired) electrons. The molecule has 6 heteroatoms. The minimum Gasteiger partial charge on any atom is -0.359 e. The normalized spacial score (nSPS) is 21.6. The molecule has 0 saturated carbocycles. The van der Waals surface area contributed by atoms with E-state index in [2.05, 4.69) is 17.0 Å². The van der Waals surface area contributed by atoms with Gasteiger partial charge in [0.05, 0.1) is 6.54 Å². The standard InChI is InChI=1S/C12H20N4O2/c1-9-3-2-5-16(6-4-9)8-10-7-11(15-18-10)12(17)14-13/h7,9H,2-6,8,13H2,1H3,(H,14,17). The molecule has 1 fully saturated rings. The van der Waals surface area contributed by atoms with E-state index in [0.29, 0.717) is 12.3 Å². The zero-order valence-corrected chi connectivity index (χ0v) is 10.7. The van der Waals surface area contributed by atoms with E-state index in [1.54, 1.807) is 6.07 Å².